The van der Waals surface area contributed by atoms with Crippen molar-refractivity contribution in [3.8, 4) is 0 Å². The van der Waals surface area contributed by atoms with Crippen LogP contribution in [-0.4, -0.2) is 19.8 Å². The molecule has 0 saturated heterocycles. The molecule has 1 atom stereocenters. The fraction of sp³-hybridized carbons (Fsp3) is 0.667. The van der Waals surface area contributed by atoms with E-state index in [9.17, 15) is 0 Å². The van der Waals surface area contributed by atoms with Crippen molar-refractivity contribution in [1.82, 2.24) is 0 Å². The SMILES string of the molecule is C=CC(N)CCOC.Cl. The average Bonchev–Trinajstić information content (AvgIpc) is 1.83. The monoisotopic (exact) mass is 151 g/mol. The second-order valence-electron chi connectivity index (χ2n) is 1.68. The van der Waals surface area contributed by atoms with Gasteiger partial charge >= 0.3 is 0 Å². The van der Waals surface area contributed by atoms with Gasteiger partial charge in [0.2, 0.25) is 0 Å². The Bertz CT molecular complexity index is 68.1. The van der Waals surface area contributed by atoms with Gasteiger partial charge in [-0.2, -0.15) is 0 Å². The van der Waals surface area contributed by atoms with E-state index in [1.807, 2.05) is 0 Å². The fourth-order valence-electron chi connectivity index (χ4n) is 0.372. The van der Waals surface area contributed by atoms with Crippen LogP contribution in [0.1, 0.15) is 6.42 Å². The number of halogens is 1. The highest BCUT2D eigenvalue weighted by Crippen LogP contribution is 1.86. The van der Waals surface area contributed by atoms with Crippen LogP contribution < -0.4 is 5.73 Å². The third-order valence-corrected chi connectivity index (χ3v) is 0.958. The summed E-state index contributed by atoms with van der Waals surface area (Å²) in [5, 5.41) is 0. The highest BCUT2D eigenvalue weighted by molar-refractivity contribution is 5.85. The minimum Gasteiger partial charge on any atom is -0.385 e. The van der Waals surface area contributed by atoms with Gasteiger partial charge in [-0.15, -0.1) is 19.0 Å². The van der Waals surface area contributed by atoms with Crippen molar-refractivity contribution in [2.75, 3.05) is 13.7 Å². The van der Waals surface area contributed by atoms with Gasteiger partial charge < -0.3 is 10.5 Å². The number of nitrogens with two attached hydrogens (primary N) is 1. The van der Waals surface area contributed by atoms with Gasteiger partial charge in [-0.25, -0.2) is 0 Å². The van der Waals surface area contributed by atoms with Crippen LogP contribution in [0.5, 0.6) is 0 Å². The van der Waals surface area contributed by atoms with E-state index in [0.29, 0.717) is 6.61 Å². The molecule has 0 spiro atoms. The summed E-state index contributed by atoms with van der Waals surface area (Å²) >= 11 is 0. The predicted molar refractivity (Wildman–Crippen MR) is 41.9 cm³/mol. The molecule has 0 heterocycles. The summed E-state index contributed by atoms with van der Waals surface area (Å²) in [6.07, 6.45) is 2.58. The van der Waals surface area contributed by atoms with E-state index in [2.05, 4.69) is 6.58 Å². The molecule has 9 heavy (non-hydrogen) atoms. The minimum absolute atomic E-state index is 0. The summed E-state index contributed by atoms with van der Waals surface area (Å²) in [5.41, 5.74) is 5.46. The van der Waals surface area contributed by atoms with Gasteiger partial charge in [0.05, 0.1) is 0 Å². The molecule has 0 aliphatic heterocycles. The van der Waals surface area contributed by atoms with E-state index >= 15 is 0 Å². The first-order valence-electron chi connectivity index (χ1n) is 2.68. The third kappa shape index (κ3) is 7.95. The van der Waals surface area contributed by atoms with Gasteiger partial charge in [0.15, 0.2) is 0 Å². The first kappa shape index (κ1) is 11.7. The smallest absolute Gasteiger partial charge is 0.0480 e. The largest absolute Gasteiger partial charge is 0.385 e. The van der Waals surface area contributed by atoms with Crippen LogP contribution in [0.4, 0.5) is 0 Å². The van der Waals surface area contributed by atoms with Gasteiger partial charge in [-0.3, -0.25) is 0 Å². The number of hydrogen-bond acceptors (Lipinski definition) is 2. The topological polar surface area (TPSA) is 35.2 Å². The second-order valence-corrected chi connectivity index (χ2v) is 1.68. The summed E-state index contributed by atoms with van der Waals surface area (Å²) in [6, 6.07) is 0.0925. The molecule has 56 valence electrons. The maximum absolute atomic E-state index is 5.46. The van der Waals surface area contributed by atoms with Crippen molar-refractivity contribution in [3.05, 3.63) is 12.7 Å². The van der Waals surface area contributed by atoms with Crippen LogP contribution >= 0.6 is 12.4 Å². The maximum atomic E-state index is 5.46. The molecule has 3 heteroatoms. The zero-order valence-electron chi connectivity index (χ0n) is 5.67. The molecule has 0 fully saturated rings. The van der Waals surface area contributed by atoms with Crippen LogP contribution in [0.25, 0.3) is 0 Å². The second kappa shape index (κ2) is 7.95. The molecule has 0 amide bonds. The summed E-state index contributed by atoms with van der Waals surface area (Å²) in [7, 11) is 1.66. The molecule has 0 aromatic carbocycles. The summed E-state index contributed by atoms with van der Waals surface area (Å²) in [6.45, 7) is 4.25. The van der Waals surface area contributed by atoms with E-state index in [4.69, 9.17) is 10.5 Å². The Morgan fingerprint density at radius 3 is 2.67 bits per heavy atom. The predicted octanol–water partition coefficient (Wildman–Crippen LogP) is 0.958. The molecule has 0 rings (SSSR count). The summed E-state index contributed by atoms with van der Waals surface area (Å²) < 4.78 is 4.79. The highest BCUT2D eigenvalue weighted by Gasteiger charge is 1.92. The molecule has 0 aromatic heterocycles. The molecule has 1 unspecified atom stereocenters. The van der Waals surface area contributed by atoms with E-state index in [1.54, 1.807) is 13.2 Å². The molecule has 0 saturated carbocycles. The van der Waals surface area contributed by atoms with Crippen molar-refractivity contribution in [2.45, 2.75) is 12.5 Å². The molecule has 0 bridgehead atoms. The molecule has 2 nitrogen and oxygen atoms in total. The highest BCUT2D eigenvalue weighted by atomic mass is 35.5. The van der Waals surface area contributed by atoms with E-state index < -0.39 is 0 Å². The van der Waals surface area contributed by atoms with Crippen LogP contribution in [-0.2, 0) is 4.74 Å². The lowest BCUT2D eigenvalue weighted by atomic mass is 10.2. The lowest BCUT2D eigenvalue weighted by Gasteiger charge is -2.02. The van der Waals surface area contributed by atoms with Crippen LogP contribution in [0.2, 0.25) is 0 Å². The van der Waals surface area contributed by atoms with Gasteiger partial charge in [0, 0.05) is 19.8 Å². The molecular formula is C6H14ClNO. The zero-order valence-corrected chi connectivity index (χ0v) is 6.49. The van der Waals surface area contributed by atoms with Gasteiger partial charge in [0.1, 0.15) is 0 Å². The average molecular weight is 152 g/mol. The fourth-order valence-corrected chi connectivity index (χ4v) is 0.372. The Balaban J connectivity index is 0. The standard InChI is InChI=1S/C6H13NO.ClH/c1-3-6(7)4-5-8-2;/h3,6H,1,4-5,7H2,2H3;1H. The molecule has 0 radical (unpaired) electrons. The Morgan fingerprint density at radius 1 is 1.78 bits per heavy atom. The normalized spacial score (nSPS) is 11.8. The van der Waals surface area contributed by atoms with Crippen molar-refractivity contribution in [3.63, 3.8) is 0 Å². The van der Waals surface area contributed by atoms with Gasteiger partial charge in [0.25, 0.3) is 0 Å². The number of rotatable bonds is 4. The quantitative estimate of drug-likeness (QED) is 0.608. The molecule has 2 N–H and O–H groups in total. The Hall–Kier alpha value is -0.0500. The Labute approximate surface area is 62.5 Å². The van der Waals surface area contributed by atoms with Crippen LogP contribution in [0.15, 0.2) is 12.7 Å². The van der Waals surface area contributed by atoms with E-state index in [1.165, 1.54) is 0 Å². The molecule has 0 aromatic rings. The first-order valence-corrected chi connectivity index (χ1v) is 2.68. The van der Waals surface area contributed by atoms with Crippen molar-refractivity contribution < 1.29 is 4.74 Å². The molecule has 0 aliphatic rings. The minimum atomic E-state index is 0. The van der Waals surface area contributed by atoms with Crippen molar-refractivity contribution in [2.24, 2.45) is 5.73 Å². The zero-order chi connectivity index (χ0) is 6.41. The lowest BCUT2D eigenvalue weighted by Crippen LogP contribution is -2.17. The third-order valence-electron chi connectivity index (χ3n) is 0.958. The first-order chi connectivity index (χ1) is 3.81. The van der Waals surface area contributed by atoms with Gasteiger partial charge in [-0.1, -0.05) is 6.08 Å². The number of methoxy groups -OCH3 is 1. The van der Waals surface area contributed by atoms with Crippen molar-refractivity contribution >= 4 is 12.4 Å². The summed E-state index contributed by atoms with van der Waals surface area (Å²) in [4.78, 5) is 0. The maximum Gasteiger partial charge on any atom is 0.0480 e. The van der Waals surface area contributed by atoms with E-state index in [0.717, 1.165) is 6.42 Å². The van der Waals surface area contributed by atoms with E-state index in [-0.39, 0.29) is 18.4 Å². The van der Waals surface area contributed by atoms with Gasteiger partial charge in [-0.05, 0) is 6.42 Å². The Kier molecular flexibility index (Phi) is 10.3. The van der Waals surface area contributed by atoms with Crippen LogP contribution in [0.3, 0.4) is 0 Å². The summed E-state index contributed by atoms with van der Waals surface area (Å²) in [5.74, 6) is 0. The lowest BCUT2D eigenvalue weighted by molar-refractivity contribution is 0.192. The molecular weight excluding hydrogens is 138 g/mol. The van der Waals surface area contributed by atoms with Crippen molar-refractivity contribution in [1.29, 1.82) is 0 Å². The number of hydrogen-bond donors (Lipinski definition) is 1. The number of ether oxygens (including phenoxy) is 1. The van der Waals surface area contributed by atoms with Crippen LogP contribution in [0, 0.1) is 0 Å². The molecule has 0 aliphatic carbocycles. The Morgan fingerprint density at radius 2 is 2.33 bits per heavy atom.